The summed E-state index contributed by atoms with van der Waals surface area (Å²) < 4.78 is 14.3. The monoisotopic (exact) mass is 463 g/mol. The molecule has 0 saturated heterocycles. The van der Waals surface area contributed by atoms with E-state index >= 15 is 0 Å². The lowest BCUT2D eigenvalue weighted by Crippen LogP contribution is -2.18. The van der Waals surface area contributed by atoms with Crippen LogP contribution in [0, 0.1) is 6.92 Å². The number of ether oxygens (including phenoxy) is 2. The highest BCUT2D eigenvalue weighted by Crippen LogP contribution is 2.25. The molecule has 1 unspecified atom stereocenters. The molecular weight excluding hydrogens is 426 g/mol. The van der Waals surface area contributed by atoms with Gasteiger partial charge in [-0.3, -0.25) is 0 Å². The predicted molar refractivity (Wildman–Crippen MR) is 141 cm³/mol. The third kappa shape index (κ3) is 7.02. The molecule has 0 fully saturated rings. The van der Waals surface area contributed by atoms with Crippen molar-refractivity contribution in [1.82, 2.24) is 4.57 Å². The van der Waals surface area contributed by atoms with Gasteiger partial charge in [0.05, 0.1) is 12.6 Å². The first-order chi connectivity index (χ1) is 16.0. The van der Waals surface area contributed by atoms with Gasteiger partial charge in [-0.15, -0.1) is 11.8 Å². The summed E-state index contributed by atoms with van der Waals surface area (Å²) in [6.45, 7) is 12.7. The molecule has 1 heterocycles. The van der Waals surface area contributed by atoms with E-state index in [9.17, 15) is 0 Å². The molecule has 3 rings (SSSR count). The standard InChI is InChI=1S/C29H37NO2S/c1-6-8-22(3)29(31-7-2)21-24-10-14-26(15-11-24)32-20-19-30-23(4)9-18-28(30)25-12-16-27(33-5)17-13-25/h9-18,29H,3,6-8,19-21H2,1-2,4-5H3. The van der Waals surface area contributed by atoms with E-state index < -0.39 is 0 Å². The van der Waals surface area contributed by atoms with Gasteiger partial charge in [-0.25, -0.2) is 0 Å². The summed E-state index contributed by atoms with van der Waals surface area (Å²) in [5, 5.41) is 0. The third-order valence-electron chi connectivity index (χ3n) is 5.91. The van der Waals surface area contributed by atoms with Gasteiger partial charge in [-0.05, 0) is 79.6 Å². The summed E-state index contributed by atoms with van der Waals surface area (Å²) in [5.41, 5.74) is 6.13. The van der Waals surface area contributed by atoms with Crippen molar-refractivity contribution in [2.45, 2.75) is 57.6 Å². The molecule has 0 aliphatic rings. The summed E-state index contributed by atoms with van der Waals surface area (Å²) in [5.74, 6) is 0.898. The largest absolute Gasteiger partial charge is 0.492 e. The highest BCUT2D eigenvalue weighted by Gasteiger charge is 2.13. The van der Waals surface area contributed by atoms with Crippen LogP contribution in [0.3, 0.4) is 0 Å². The normalized spacial score (nSPS) is 12.0. The smallest absolute Gasteiger partial charge is 0.119 e. The molecule has 0 aliphatic carbocycles. The van der Waals surface area contributed by atoms with Crippen LogP contribution in [0.5, 0.6) is 5.75 Å². The van der Waals surface area contributed by atoms with E-state index in [4.69, 9.17) is 9.47 Å². The van der Waals surface area contributed by atoms with Crippen LogP contribution in [0.1, 0.15) is 37.9 Å². The minimum atomic E-state index is 0.0850. The van der Waals surface area contributed by atoms with Crippen LogP contribution in [-0.4, -0.2) is 30.1 Å². The number of benzene rings is 2. The average molecular weight is 464 g/mol. The van der Waals surface area contributed by atoms with Gasteiger partial charge >= 0.3 is 0 Å². The van der Waals surface area contributed by atoms with E-state index in [1.54, 1.807) is 11.8 Å². The van der Waals surface area contributed by atoms with E-state index in [-0.39, 0.29) is 6.10 Å². The Balaban J connectivity index is 1.58. The first-order valence-electron chi connectivity index (χ1n) is 11.9. The van der Waals surface area contributed by atoms with Gasteiger partial charge in [0.2, 0.25) is 0 Å². The Morgan fingerprint density at radius 1 is 1.00 bits per heavy atom. The zero-order valence-corrected chi connectivity index (χ0v) is 21.3. The van der Waals surface area contributed by atoms with Crippen LogP contribution in [-0.2, 0) is 17.7 Å². The molecule has 1 aromatic heterocycles. The van der Waals surface area contributed by atoms with E-state index in [0.717, 1.165) is 31.6 Å². The number of thioether (sulfide) groups is 1. The second-order valence-electron chi connectivity index (χ2n) is 8.29. The van der Waals surface area contributed by atoms with Crippen molar-refractivity contribution in [3.8, 4) is 17.0 Å². The van der Waals surface area contributed by atoms with E-state index in [1.807, 2.05) is 6.92 Å². The Kier molecular flexibility index (Phi) is 9.71. The molecule has 0 radical (unpaired) electrons. The summed E-state index contributed by atoms with van der Waals surface area (Å²) in [4.78, 5) is 1.28. The van der Waals surface area contributed by atoms with Gasteiger partial charge in [0, 0.05) is 29.3 Å². The van der Waals surface area contributed by atoms with Gasteiger partial charge in [0.1, 0.15) is 12.4 Å². The maximum Gasteiger partial charge on any atom is 0.119 e. The van der Waals surface area contributed by atoms with Crippen LogP contribution in [0.2, 0.25) is 0 Å². The number of rotatable bonds is 13. The Hall–Kier alpha value is -2.43. The Bertz CT molecular complexity index is 1010. The number of aromatic nitrogens is 1. The van der Waals surface area contributed by atoms with Crippen LogP contribution in [0.15, 0.2) is 77.7 Å². The molecule has 0 amide bonds. The molecule has 0 saturated carbocycles. The number of aryl methyl sites for hydroxylation is 1. The minimum Gasteiger partial charge on any atom is -0.492 e. The van der Waals surface area contributed by atoms with Crippen molar-refractivity contribution in [2.75, 3.05) is 19.5 Å². The highest BCUT2D eigenvalue weighted by molar-refractivity contribution is 7.98. The zero-order valence-electron chi connectivity index (χ0n) is 20.5. The summed E-state index contributed by atoms with van der Waals surface area (Å²) in [6.07, 6.45) is 5.15. The summed E-state index contributed by atoms with van der Waals surface area (Å²) in [7, 11) is 0. The average Bonchev–Trinajstić information content (AvgIpc) is 3.20. The topological polar surface area (TPSA) is 23.4 Å². The summed E-state index contributed by atoms with van der Waals surface area (Å²) >= 11 is 1.77. The highest BCUT2D eigenvalue weighted by atomic mass is 32.2. The second kappa shape index (κ2) is 12.7. The van der Waals surface area contributed by atoms with Crippen molar-refractivity contribution in [3.05, 3.63) is 84.1 Å². The SMILES string of the molecule is C=C(CCC)C(Cc1ccc(OCCn2c(C)ccc2-c2ccc(SC)cc2)cc1)OCC. The Morgan fingerprint density at radius 2 is 1.73 bits per heavy atom. The maximum atomic E-state index is 6.08. The minimum absolute atomic E-state index is 0.0850. The Morgan fingerprint density at radius 3 is 2.36 bits per heavy atom. The van der Waals surface area contributed by atoms with Crippen LogP contribution in [0.25, 0.3) is 11.3 Å². The lowest BCUT2D eigenvalue weighted by Gasteiger charge is -2.20. The molecule has 0 N–H and O–H groups in total. The fourth-order valence-corrected chi connectivity index (χ4v) is 4.48. The van der Waals surface area contributed by atoms with Gasteiger partial charge in [-0.2, -0.15) is 0 Å². The molecule has 176 valence electrons. The molecule has 1 atom stereocenters. The molecule has 0 spiro atoms. The molecule has 0 bridgehead atoms. The molecule has 3 nitrogen and oxygen atoms in total. The maximum absolute atomic E-state index is 6.08. The van der Waals surface area contributed by atoms with Gasteiger partial charge < -0.3 is 14.0 Å². The van der Waals surface area contributed by atoms with Crippen molar-refractivity contribution >= 4 is 11.8 Å². The first kappa shape index (κ1) is 25.2. The predicted octanol–water partition coefficient (Wildman–Crippen LogP) is 7.57. The fraction of sp³-hybridized carbons (Fsp3) is 0.379. The van der Waals surface area contributed by atoms with Crippen molar-refractivity contribution in [1.29, 1.82) is 0 Å². The molecule has 3 aromatic rings. The molecule has 2 aromatic carbocycles. The van der Waals surface area contributed by atoms with Crippen LogP contribution >= 0.6 is 11.8 Å². The van der Waals surface area contributed by atoms with Gasteiger partial charge in [0.25, 0.3) is 0 Å². The molecule has 0 aliphatic heterocycles. The lowest BCUT2D eigenvalue weighted by atomic mass is 9.99. The van der Waals surface area contributed by atoms with Crippen molar-refractivity contribution < 1.29 is 9.47 Å². The fourth-order valence-electron chi connectivity index (χ4n) is 4.08. The summed E-state index contributed by atoms with van der Waals surface area (Å²) in [6, 6.07) is 21.5. The number of hydrogen-bond donors (Lipinski definition) is 0. The zero-order chi connectivity index (χ0) is 23.6. The van der Waals surface area contributed by atoms with E-state index in [2.05, 4.69) is 91.9 Å². The van der Waals surface area contributed by atoms with E-state index in [0.29, 0.717) is 13.2 Å². The van der Waals surface area contributed by atoms with Crippen LogP contribution < -0.4 is 4.74 Å². The second-order valence-corrected chi connectivity index (χ2v) is 9.17. The molecule has 4 heteroatoms. The van der Waals surface area contributed by atoms with Crippen molar-refractivity contribution in [3.63, 3.8) is 0 Å². The number of nitrogens with zero attached hydrogens (tertiary/aromatic N) is 1. The molecular formula is C29H37NO2S. The number of hydrogen-bond acceptors (Lipinski definition) is 3. The first-order valence-corrected chi connectivity index (χ1v) is 13.1. The van der Waals surface area contributed by atoms with Gasteiger partial charge in [-0.1, -0.05) is 44.2 Å². The lowest BCUT2D eigenvalue weighted by molar-refractivity contribution is 0.0864. The van der Waals surface area contributed by atoms with Crippen molar-refractivity contribution in [2.24, 2.45) is 0 Å². The van der Waals surface area contributed by atoms with Gasteiger partial charge in [0.15, 0.2) is 0 Å². The molecule has 33 heavy (non-hydrogen) atoms. The van der Waals surface area contributed by atoms with E-state index in [1.165, 1.54) is 33.0 Å². The third-order valence-corrected chi connectivity index (χ3v) is 6.65. The quantitative estimate of drug-likeness (QED) is 0.193. The Labute approximate surface area is 203 Å². The van der Waals surface area contributed by atoms with Crippen LogP contribution in [0.4, 0.5) is 0 Å².